The van der Waals surface area contributed by atoms with Gasteiger partial charge in [0.2, 0.25) is 0 Å². The Morgan fingerprint density at radius 2 is 1.91 bits per heavy atom. The van der Waals surface area contributed by atoms with Crippen LogP contribution in [0.4, 0.5) is 20.2 Å². The van der Waals surface area contributed by atoms with Gasteiger partial charge in [-0.15, -0.1) is 11.3 Å². The molecule has 0 saturated heterocycles. The van der Waals surface area contributed by atoms with Crippen molar-refractivity contribution in [1.82, 2.24) is 0 Å². The van der Waals surface area contributed by atoms with Crippen LogP contribution in [0.5, 0.6) is 11.5 Å². The van der Waals surface area contributed by atoms with Crippen molar-refractivity contribution in [2.24, 2.45) is 0 Å². The number of anilines is 1. The summed E-state index contributed by atoms with van der Waals surface area (Å²) in [6, 6.07) is 8.50. The first-order valence-corrected chi connectivity index (χ1v) is 10.5. The molecular weight excluding hydrogens is 458 g/mol. The number of nitrogens with zero attached hydrogens (tertiary/aromatic N) is 2. The van der Waals surface area contributed by atoms with Crippen LogP contribution < -0.4 is 14.4 Å². The van der Waals surface area contributed by atoms with Gasteiger partial charge in [0, 0.05) is 24.1 Å². The van der Waals surface area contributed by atoms with Crippen molar-refractivity contribution in [3.05, 3.63) is 80.0 Å². The third-order valence-corrected chi connectivity index (χ3v) is 5.45. The number of nitro groups is 1. The van der Waals surface area contributed by atoms with Crippen molar-refractivity contribution in [2.75, 3.05) is 32.3 Å². The van der Waals surface area contributed by atoms with E-state index in [4.69, 9.17) is 14.2 Å². The molecule has 8 nitrogen and oxygen atoms in total. The van der Waals surface area contributed by atoms with Gasteiger partial charge in [-0.25, -0.2) is 8.78 Å². The highest BCUT2D eigenvalue weighted by Gasteiger charge is 2.30. The summed E-state index contributed by atoms with van der Waals surface area (Å²) in [7, 11) is 2.79. The fourth-order valence-corrected chi connectivity index (χ4v) is 3.74. The van der Waals surface area contributed by atoms with E-state index in [0.29, 0.717) is 10.9 Å². The quantitative estimate of drug-likeness (QED) is 0.236. The standard InChI is InChI=1S/C22H20F2N2O6S/c1-30-7-8-32-21-12-19(26(28)29)16(11-20(21)31-2)22(27)25(13-15-4-3-9-33-15)18-6-5-14(23)10-17(18)24/h3-6,9-12H,7-8,13H2,1-2H3. The number of hydrogen-bond donors (Lipinski definition) is 0. The summed E-state index contributed by atoms with van der Waals surface area (Å²) < 4.78 is 43.7. The number of carbonyl (C=O) groups is 1. The lowest BCUT2D eigenvalue weighted by atomic mass is 10.1. The lowest BCUT2D eigenvalue weighted by Gasteiger charge is -2.23. The lowest BCUT2D eigenvalue weighted by molar-refractivity contribution is -0.385. The molecule has 0 saturated carbocycles. The van der Waals surface area contributed by atoms with Crippen molar-refractivity contribution in [2.45, 2.75) is 6.54 Å². The van der Waals surface area contributed by atoms with Gasteiger partial charge in [0.05, 0.1) is 36.9 Å². The fourth-order valence-electron chi connectivity index (χ4n) is 3.05. The van der Waals surface area contributed by atoms with Gasteiger partial charge < -0.3 is 19.1 Å². The third kappa shape index (κ3) is 5.62. The molecule has 0 aliphatic carbocycles. The zero-order chi connectivity index (χ0) is 24.0. The van der Waals surface area contributed by atoms with Gasteiger partial charge in [-0.2, -0.15) is 0 Å². The molecule has 0 spiro atoms. The Bertz CT molecular complexity index is 1140. The Balaban J connectivity index is 2.10. The molecule has 0 aliphatic heterocycles. The average molecular weight is 478 g/mol. The molecule has 0 fully saturated rings. The van der Waals surface area contributed by atoms with Crippen molar-refractivity contribution < 1.29 is 32.7 Å². The Morgan fingerprint density at radius 1 is 1.12 bits per heavy atom. The molecule has 33 heavy (non-hydrogen) atoms. The topological polar surface area (TPSA) is 91.1 Å². The van der Waals surface area contributed by atoms with E-state index in [1.165, 1.54) is 31.6 Å². The van der Waals surface area contributed by atoms with Crippen LogP contribution >= 0.6 is 11.3 Å². The van der Waals surface area contributed by atoms with Crippen LogP contribution in [0.3, 0.4) is 0 Å². The summed E-state index contributed by atoms with van der Waals surface area (Å²) in [6.45, 7) is 0.253. The second-order valence-corrected chi connectivity index (χ2v) is 7.72. The van der Waals surface area contributed by atoms with E-state index in [1.807, 2.05) is 0 Å². The summed E-state index contributed by atoms with van der Waals surface area (Å²) in [4.78, 5) is 26.3. The molecule has 0 unspecified atom stereocenters. The molecule has 0 bridgehead atoms. The highest BCUT2D eigenvalue weighted by atomic mass is 32.1. The second kappa shape index (κ2) is 10.8. The van der Waals surface area contributed by atoms with Crippen molar-refractivity contribution in [3.63, 3.8) is 0 Å². The average Bonchev–Trinajstić information content (AvgIpc) is 3.30. The van der Waals surface area contributed by atoms with E-state index >= 15 is 0 Å². The van der Waals surface area contributed by atoms with Crippen molar-refractivity contribution >= 4 is 28.6 Å². The van der Waals surface area contributed by atoms with Crippen LogP contribution in [0.25, 0.3) is 0 Å². The second-order valence-electron chi connectivity index (χ2n) is 6.68. The van der Waals surface area contributed by atoms with Crippen molar-refractivity contribution in [3.8, 4) is 11.5 Å². The van der Waals surface area contributed by atoms with E-state index in [9.17, 15) is 23.7 Å². The van der Waals surface area contributed by atoms with E-state index in [-0.39, 0.29) is 42.5 Å². The summed E-state index contributed by atoms with van der Waals surface area (Å²) in [5.41, 5.74) is -1.10. The Kier molecular flexibility index (Phi) is 7.91. The van der Waals surface area contributed by atoms with Gasteiger partial charge in [-0.3, -0.25) is 14.9 Å². The summed E-state index contributed by atoms with van der Waals surface area (Å²) in [5.74, 6) is -2.52. The smallest absolute Gasteiger partial charge is 0.286 e. The summed E-state index contributed by atoms with van der Waals surface area (Å²) >= 11 is 1.32. The Morgan fingerprint density at radius 3 is 2.52 bits per heavy atom. The number of thiophene rings is 1. The Labute approximate surface area is 192 Å². The maximum absolute atomic E-state index is 14.6. The molecule has 0 atom stereocenters. The highest BCUT2D eigenvalue weighted by molar-refractivity contribution is 7.09. The van der Waals surface area contributed by atoms with Gasteiger partial charge in [-0.1, -0.05) is 6.07 Å². The van der Waals surface area contributed by atoms with Crippen LogP contribution in [0, 0.1) is 21.7 Å². The molecule has 3 aromatic rings. The van der Waals surface area contributed by atoms with Gasteiger partial charge in [0.25, 0.3) is 11.6 Å². The van der Waals surface area contributed by atoms with Crippen LogP contribution in [-0.4, -0.2) is 38.3 Å². The van der Waals surface area contributed by atoms with Crippen LogP contribution in [-0.2, 0) is 11.3 Å². The zero-order valence-corrected chi connectivity index (χ0v) is 18.6. The van der Waals surface area contributed by atoms with E-state index in [2.05, 4.69) is 0 Å². The predicted octanol–water partition coefficient (Wildman–Crippen LogP) is 4.82. The first-order chi connectivity index (χ1) is 15.8. The third-order valence-electron chi connectivity index (χ3n) is 4.59. The maximum atomic E-state index is 14.6. The lowest BCUT2D eigenvalue weighted by Crippen LogP contribution is -2.31. The number of amides is 1. The number of nitro benzene ring substituents is 1. The number of methoxy groups -OCH3 is 2. The molecule has 1 aromatic heterocycles. The van der Waals surface area contributed by atoms with Gasteiger partial charge >= 0.3 is 0 Å². The summed E-state index contributed by atoms with van der Waals surface area (Å²) in [5, 5.41) is 13.6. The molecule has 0 aliphatic rings. The molecule has 174 valence electrons. The minimum atomic E-state index is -0.978. The Hall–Kier alpha value is -3.57. The number of ether oxygens (including phenoxy) is 3. The summed E-state index contributed by atoms with van der Waals surface area (Å²) in [6.07, 6.45) is 0. The molecule has 3 rings (SSSR count). The van der Waals surface area contributed by atoms with Gasteiger partial charge in [0.15, 0.2) is 11.5 Å². The van der Waals surface area contributed by atoms with Gasteiger partial charge in [0.1, 0.15) is 23.8 Å². The van der Waals surface area contributed by atoms with Crippen LogP contribution in [0.2, 0.25) is 0 Å². The minimum Gasteiger partial charge on any atom is -0.493 e. The van der Waals surface area contributed by atoms with Gasteiger partial charge in [-0.05, 0) is 23.6 Å². The van der Waals surface area contributed by atoms with Crippen LogP contribution in [0.1, 0.15) is 15.2 Å². The SMILES string of the molecule is COCCOc1cc([N+](=O)[O-])c(C(=O)N(Cc2cccs2)c2ccc(F)cc2F)cc1OC. The number of benzene rings is 2. The van der Waals surface area contributed by atoms with E-state index < -0.39 is 28.2 Å². The van der Waals surface area contributed by atoms with Crippen LogP contribution in [0.15, 0.2) is 47.8 Å². The highest BCUT2D eigenvalue weighted by Crippen LogP contribution is 2.37. The number of rotatable bonds is 10. The first-order valence-electron chi connectivity index (χ1n) is 9.63. The number of hydrogen-bond acceptors (Lipinski definition) is 7. The molecule has 11 heteroatoms. The van der Waals surface area contributed by atoms with E-state index in [1.54, 1.807) is 17.5 Å². The molecule has 1 amide bonds. The maximum Gasteiger partial charge on any atom is 0.286 e. The normalized spacial score (nSPS) is 10.7. The predicted molar refractivity (Wildman–Crippen MR) is 118 cm³/mol. The molecule has 1 heterocycles. The minimum absolute atomic E-state index is 0.0515. The number of carbonyl (C=O) groups excluding carboxylic acids is 1. The zero-order valence-electron chi connectivity index (χ0n) is 17.7. The number of halogens is 2. The molecular formula is C22H20F2N2O6S. The molecule has 0 N–H and O–H groups in total. The largest absolute Gasteiger partial charge is 0.493 e. The van der Waals surface area contributed by atoms with E-state index in [0.717, 1.165) is 23.1 Å². The first kappa shape index (κ1) is 24.1. The monoisotopic (exact) mass is 478 g/mol. The fraction of sp³-hybridized carbons (Fsp3) is 0.227. The molecule has 2 aromatic carbocycles. The molecule has 0 radical (unpaired) electrons. The van der Waals surface area contributed by atoms with Crippen molar-refractivity contribution in [1.29, 1.82) is 0 Å².